The number of aliphatic hydroxyl groups is 2. The zero-order valence-electron chi connectivity index (χ0n) is 22.6. The number of carbonyl (C=O) groups is 3. The van der Waals surface area contributed by atoms with Crippen LogP contribution < -0.4 is 5.11 Å². The quantitative estimate of drug-likeness (QED) is 0.323. The molecule has 0 radical (unpaired) electrons. The van der Waals surface area contributed by atoms with E-state index in [4.69, 9.17) is 0 Å². The van der Waals surface area contributed by atoms with E-state index < -0.39 is 29.9 Å². The Morgan fingerprint density at radius 2 is 1.65 bits per heavy atom. The van der Waals surface area contributed by atoms with Crippen LogP contribution in [0.3, 0.4) is 0 Å². The van der Waals surface area contributed by atoms with E-state index in [0.29, 0.717) is 28.7 Å². The van der Waals surface area contributed by atoms with E-state index in [-0.39, 0.29) is 18.1 Å². The average molecular weight is 545 g/mol. The standard InChI is InChI=1S/C31H34N3O6/c1-18(36)27-26-16-23(28(31(39)40)32(26)30(27)38)20-3-5-22-24(15-20)21-4-2-19(14-25(21)29(22)37)17-34-9-6-33(7-10-34,8-11-34)12-13-35/h2-5,14-15,18,26-27,35-36H,6-13,16-17H2,1H3/q+1/t18-,26-,27-,33?,34?/m1/s1. The molecular weight excluding hydrogens is 510 g/mol. The summed E-state index contributed by atoms with van der Waals surface area (Å²) in [7, 11) is 0. The van der Waals surface area contributed by atoms with E-state index >= 15 is 0 Å². The molecule has 2 aromatic carbocycles. The van der Waals surface area contributed by atoms with E-state index in [2.05, 4.69) is 6.07 Å². The third-order valence-electron chi connectivity index (χ3n) is 10.4. The SMILES string of the molecule is C[C@@H](O)[C@H]1C(=O)N2C(C(=O)[O-])=C(c3ccc4c(c3)-c3ccc(C[N+]56CC[N+](CCO)(CC5)CC6)cc3C4=O)C[C@H]12. The van der Waals surface area contributed by atoms with Crippen molar-refractivity contribution in [1.29, 1.82) is 0 Å². The molecule has 1 amide bonds. The molecule has 4 saturated heterocycles. The van der Waals surface area contributed by atoms with Gasteiger partial charge in [0.05, 0.1) is 36.3 Å². The van der Waals surface area contributed by atoms with Gasteiger partial charge in [0, 0.05) is 16.7 Å². The second kappa shape index (κ2) is 8.81. The van der Waals surface area contributed by atoms with Gasteiger partial charge in [-0.1, -0.05) is 18.2 Å². The van der Waals surface area contributed by atoms with Gasteiger partial charge in [-0.25, -0.2) is 0 Å². The summed E-state index contributed by atoms with van der Waals surface area (Å²) in [5.74, 6) is -2.46. The molecule has 6 aliphatic rings. The minimum absolute atomic E-state index is 0.0250. The van der Waals surface area contributed by atoms with Crippen LogP contribution in [-0.4, -0.2) is 106 Å². The van der Waals surface area contributed by atoms with Crippen LogP contribution in [0.2, 0.25) is 0 Å². The summed E-state index contributed by atoms with van der Waals surface area (Å²) < 4.78 is 2.05. The molecule has 5 heterocycles. The van der Waals surface area contributed by atoms with Gasteiger partial charge in [0.15, 0.2) is 5.78 Å². The minimum atomic E-state index is -1.41. The Morgan fingerprint density at radius 1 is 0.975 bits per heavy atom. The number of quaternary nitrogens is 2. The van der Waals surface area contributed by atoms with Crippen LogP contribution in [0.25, 0.3) is 16.7 Å². The van der Waals surface area contributed by atoms with Gasteiger partial charge in [-0.3, -0.25) is 9.59 Å². The van der Waals surface area contributed by atoms with Gasteiger partial charge in [0.25, 0.3) is 0 Å². The smallest absolute Gasteiger partial charge is 0.235 e. The Labute approximate surface area is 232 Å². The number of hydrogen-bond acceptors (Lipinski definition) is 6. The molecule has 8 rings (SSSR count). The third-order valence-corrected chi connectivity index (χ3v) is 10.4. The zero-order chi connectivity index (χ0) is 28.0. The van der Waals surface area contributed by atoms with Crippen molar-refractivity contribution in [2.45, 2.75) is 32.0 Å². The van der Waals surface area contributed by atoms with Crippen molar-refractivity contribution in [3.05, 3.63) is 64.3 Å². The van der Waals surface area contributed by atoms with Crippen LogP contribution in [0.4, 0.5) is 0 Å². The number of rotatable bonds is 7. The lowest BCUT2D eigenvalue weighted by atomic mass is 9.82. The van der Waals surface area contributed by atoms with Crippen molar-refractivity contribution in [2.24, 2.45) is 5.92 Å². The Balaban J connectivity index is 1.18. The van der Waals surface area contributed by atoms with Gasteiger partial charge in [-0.15, -0.1) is 0 Å². The molecule has 5 aliphatic heterocycles. The van der Waals surface area contributed by atoms with E-state index in [1.54, 1.807) is 19.1 Å². The number of amides is 1. The van der Waals surface area contributed by atoms with E-state index in [1.165, 1.54) is 4.90 Å². The number of fused-ring (bicyclic) bond motifs is 7. The van der Waals surface area contributed by atoms with Crippen LogP contribution >= 0.6 is 0 Å². The molecule has 0 aromatic heterocycles. The number of carbonyl (C=O) groups excluding carboxylic acids is 3. The van der Waals surface area contributed by atoms with Gasteiger partial charge in [-0.2, -0.15) is 0 Å². The van der Waals surface area contributed by atoms with Crippen molar-refractivity contribution in [2.75, 3.05) is 52.4 Å². The van der Waals surface area contributed by atoms with Gasteiger partial charge in [0.2, 0.25) is 5.91 Å². The lowest BCUT2D eigenvalue weighted by Gasteiger charge is -2.55. The molecule has 0 spiro atoms. The second-order valence-electron chi connectivity index (χ2n) is 12.5. The van der Waals surface area contributed by atoms with Crippen LogP contribution in [0.15, 0.2) is 42.1 Å². The van der Waals surface area contributed by atoms with E-state index in [1.807, 2.05) is 18.2 Å². The molecule has 2 bridgehead atoms. The molecule has 4 fully saturated rings. The fourth-order valence-corrected chi connectivity index (χ4v) is 8.04. The van der Waals surface area contributed by atoms with Gasteiger partial charge < -0.3 is 34.0 Å². The van der Waals surface area contributed by atoms with E-state index in [9.17, 15) is 29.7 Å². The maximum atomic E-state index is 13.5. The molecule has 2 N–H and O–H groups in total. The van der Waals surface area contributed by atoms with E-state index in [0.717, 1.165) is 78.0 Å². The summed E-state index contributed by atoms with van der Waals surface area (Å²) in [4.78, 5) is 39.4. The molecule has 9 nitrogen and oxygen atoms in total. The summed E-state index contributed by atoms with van der Waals surface area (Å²) in [5, 5.41) is 31.6. The van der Waals surface area contributed by atoms with Gasteiger partial charge in [-0.05, 0) is 53.8 Å². The highest BCUT2D eigenvalue weighted by molar-refractivity contribution is 6.22. The lowest BCUT2D eigenvalue weighted by molar-refractivity contribution is -1.09. The minimum Gasteiger partial charge on any atom is -0.543 e. The Morgan fingerprint density at radius 3 is 2.30 bits per heavy atom. The Bertz CT molecular complexity index is 1490. The zero-order valence-corrected chi connectivity index (χ0v) is 22.6. The maximum Gasteiger partial charge on any atom is 0.235 e. The van der Waals surface area contributed by atoms with Crippen molar-refractivity contribution in [3.63, 3.8) is 0 Å². The summed E-state index contributed by atoms with van der Waals surface area (Å²) in [6.45, 7) is 10.0. The molecule has 3 atom stereocenters. The van der Waals surface area contributed by atoms with Gasteiger partial charge >= 0.3 is 0 Å². The topological polar surface area (TPSA) is 118 Å². The highest BCUT2D eigenvalue weighted by Crippen LogP contribution is 2.48. The van der Waals surface area contributed by atoms with Gasteiger partial charge in [0.1, 0.15) is 52.4 Å². The fraction of sp³-hybridized carbons (Fsp3) is 0.452. The fourth-order valence-electron chi connectivity index (χ4n) is 8.04. The number of ketones is 1. The highest BCUT2D eigenvalue weighted by Gasteiger charge is 2.55. The molecule has 2 aromatic rings. The second-order valence-corrected chi connectivity index (χ2v) is 12.5. The van der Waals surface area contributed by atoms with Crippen molar-refractivity contribution < 1.29 is 38.7 Å². The molecule has 208 valence electrons. The third kappa shape index (κ3) is 3.58. The number of aliphatic carboxylic acids is 1. The summed E-state index contributed by atoms with van der Waals surface area (Å²) in [5.41, 5.74) is 5.06. The summed E-state index contributed by atoms with van der Waals surface area (Å²) in [6, 6.07) is 11.1. The monoisotopic (exact) mass is 544 g/mol. The number of aliphatic hydroxyl groups excluding tert-OH is 2. The number of piperazine rings is 3. The summed E-state index contributed by atoms with van der Waals surface area (Å²) in [6.07, 6.45) is -0.543. The number of nitrogens with zero attached hydrogens (tertiary/aromatic N) is 3. The van der Waals surface area contributed by atoms with Crippen LogP contribution in [0.1, 0.15) is 40.4 Å². The predicted molar refractivity (Wildman–Crippen MR) is 143 cm³/mol. The molecule has 0 unspecified atom stereocenters. The number of β-lactam (4-membered cyclic amide) rings is 1. The molecule has 40 heavy (non-hydrogen) atoms. The predicted octanol–water partition coefficient (Wildman–Crippen LogP) is 0.124. The number of carboxylic acid groups (broad SMARTS) is 1. The Kier molecular flexibility index (Phi) is 5.64. The first-order valence-electron chi connectivity index (χ1n) is 14.3. The number of hydrogen-bond donors (Lipinski definition) is 2. The molecule has 1 aliphatic carbocycles. The van der Waals surface area contributed by atoms with Crippen molar-refractivity contribution >= 4 is 23.2 Å². The van der Waals surface area contributed by atoms with Crippen LogP contribution in [0, 0.1) is 5.92 Å². The Hall–Kier alpha value is -3.37. The molecule has 9 heteroatoms. The lowest BCUT2D eigenvalue weighted by Crippen LogP contribution is -2.74. The number of carboxylic acids is 1. The normalized spacial score (nSPS) is 30.7. The first-order chi connectivity index (χ1) is 19.2. The largest absolute Gasteiger partial charge is 0.543 e. The van der Waals surface area contributed by atoms with Crippen molar-refractivity contribution in [1.82, 2.24) is 4.90 Å². The highest BCUT2D eigenvalue weighted by atomic mass is 16.4. The molecular formula is C31H34N3O6+. The summed E-state index contributed by atoms with van der Waals surface area (Å²) >= 11 is 0. The maximum absolute atomic E-state index is 13.5. The first-order valence-corrected chi connectivity index (χ1v) is 14.3. The number of benzene rings is 2. The molecule has 0 saturated carbocycles. The van der Waals surface area contributed by atoms with Crippen LogP contribution in [-0.2, 0) is 16.1 Å². The van der Waals surface area contributed by atoms with Crippen molar-refractivity contribution in [3.8, 4) is 11.1 Å². The first kappa shape index (κ1) is 25.6. The average Bonchev–Trinajstić information content (AvgIpc) is 3.42. The van der Waals surface area contributed by atoms with Crippen LogP contribution in [0.5, 0.6) is 0 Å².